The topological polar surface area (TPSA) is 75.6 Å². The first-order chi connectivity index (χ1) is 8.81. The molecular formula is C11H15N5OS. The zero-order chi connectivity index (χ0) is 12.8. The van der Waals surface area contributed by atoms with Gasteiger partial charge in [0.25, 0.3) is 0 Å². The van der Waals surface area contributed by atoms with Crippen LogP contribution in [0.1, 0.15) is 12.5 Å². The van der Waals surface area contributed by atoms with Crippen LogP contribution < -0.4 is 5.32 Å². The molecule has 1 unspecified atom stereocenters. The molecule has 6 nitrogen and oxygen atoms in total. The minimum atomic E-state index is -0.224. The van der Waals surface area contributed by atoms with E-state index in [1.54, 1.807) is 11.8 Å². The second-order valence-corrected chi connectivity index (χ2v) is 4.74. The van der Waals surface area contributed by atoms with Crippen LogP contribution in [0, 0.1) is 0 Å². The third kappa shape index (κ3) is 3.13. The average molecular weight is 265 g/mol. The second kappa shape index (κ2) is 6.25. The number of carbonyl (C=O) groups excluding carboxylic acids is 1. The molecule has 0 fully saturated rings. The lowest BCUT2D eigenvalue weighted by molar-refractivity contribution is -0.119. The molecule has 2 rings (SSSR count). The number of aromatic nitrogens is 4. The highest BCUT2D eigenvalue weighted by molar-refractivity contribution is 7.98. The Labute approximate surface area is 109 Å². The fraction of sp³-hybridized carbons (Fsp3) is 0.364. The van der Waals surface area contributed by atoms with Crippen LogP contribution in [0.4, 0.5) is 5.95 Å². The summed E-state index contributed by atoms with van der Waals surface area (Å²) in [5, 5.41) is 9.04. The summed E-state index contributed by atoms with van der Waals surface area (Å²) in [5.74, 6) is 1.21. The molecule has 0 saturated heterocycles. The van der Waals surface area contributed by atoms with Gasteiger partial charge in [-0.2, -0.15) is 21.8 Å². The van der Waals surface area contributed by atoms with Crippen molar-refractivity contribution in [1.29, 1.82) is 0 Å². The van der Waals surface area contributed by atoms with Crippen LogP contribution in [0.25, 0.3) is 0 Å². The van der Waals surface area contributed by atoms with Crippen molar-refractivity contribution >= 4 is 23.6 Å². The van der Waals surface area contributed by atoms with Crippen LogP contribution >= 0.6 is 11.8 Å². The molecule has 0 aliphatic carbocycles. The normalized spacial score (nSPS) is 12.3. The van der Waals surface area contributed by atoms with Crippen LogP contribution in [0.2, 0.25) is 0 Å². The van der Waals surface area contributed by atoms with Crippen molar-refractivity contribution in [3.05, 3.63) is 30.9 Å². The molecule has 0 aliphatic heterocycles. The zero-order valence-corrected chi connectivity index (χ0v) is 10.9. The molecule has 0 bridgehead atoms. The number of hydrogen-bond donors (Lipinski definition) is 2. The van der Waals surface area contributed by atoms with Gasteiger partial charge in [0, 0.05) is 12.4 Å². The highest BCUT2D eigenvalue weighted by Crippen LogP contribution is 2.16. The maximum absolute atomic E-state index is 12.2. The zero-order valence-electron chi connectivity index (χ0n) is 10.0. The van der Waals surface area contributed by atoms with Gasteiger partial charge in [0.15, 0.2) is 0 Å². The summed E-state index contributed by atoms with van der Waals surface area (Å²) >= 11 is 1.72. The van der Waals surface area contributed by atoms with E-state index in [0.717, 1.165) is 12.2 Å². The van der Waals surface area contributed by atoms with Gasteiger partial charge in [0.2, 0.25) is 11.9 Å². The van der Waals surface area contributed by atoms with Crippen LogP contribution in [0.5, 0.6) is 0 Å². The maximum Gasteiger partial charge on any atom is 0.249 e. The molecule has 2 aromatic heterocycles. The predicted molar refractivity (Wildman–Crippen MR) is 71.5 cm³/mol. The third-order valence-electron chi connectivity index (χ3n) is 2.54. The quantitative estimate of drug-likeness (QED) is 0.830. The van der Waals surface area contributed by atoms with Crippen molar-refractivity contribution in [1.82, 2.24) is 19.7 Å². The molecule has 1 atom stereocenters. The van der Waals surface area contributed by atoms with Crippen molar-refractivity contribution in [3.63, 3.8) is 0 Å². The number of hydrogen-bond acceptors (Lipinski definition) is 4. The van der Waals surface area contributed by atoms with Gasteiger partial charge in [-0.05, 0) is 30.6 Å². The van der Waals surface area contributed by atoms with Crippen molar-refractivity contribution in [2.45, 2.75) is 12.5 Å². The lowest BCUT2D eigenvalue weighted by atomic mass is 10.2. The third-order valence-corrected chi connectivity index (χ3v) is 3.19. The van der Waals surface area contributed by atoms with E-state index in [-0.39, 0.29) is 11.9 Å². The van der Waals surface area contributed by atoms with E-state index in [9.17, 15) is 4.79 Å². The number of carbonyl (C=O) groups is 1. The van der Waals surface area contributed by atoms with Gasteiger partial charge in [-0.1, -0.05) is 0 Å². The summed E-state index contributed by atoms with van der Waals surface area (Å²) < 4.78 is 1.90. The number of nitrogens with one attached hydrogen (secondary N) is 2. The Kier molecular flexibility index (Phi) is 4.40. The number of anilines is 1. The average Bonchev–Trinajstić information content (AvgIpc) is 3.02. The summed E-state index contributed by atoms with van der Waals surface area (Å²) in [4.78, 5) is 16.1. The fourth-order valence-corrected chi connectivity index (χ4v) is 2.13. The van der Waals surface area contributed by atoms with Crippen molar-refractivity contribution in [3.8, 4) is 0 Å². The summed E-state index contributed by atoms with van der Waals surface area (Å²) in [7, 11) is 0. The lowest BCUT2D eigenvalue weighted by Crippen LogP contribution is -2.26. The standard InChI is InChI=1S/C11H15N5OS/c1-18-7-4-9(16-5-2-3-6-16)10(17)14-11-12-8-13-15-11/h2-3,5-6,8-9H,4,7H2,1H3,(H2,12,13,14,15,17). The predicted octanol–water partition coefficient (Wildman–Crippen LogP) is 1.54. The van der Waals surface area contributed by atoms with Crippen LogP contribution in [0.15, 0.2) is 30.9 Å². The molecule has 0 radical (unpaired) electrons. The summed E-state index contributed by atoms with van der Waals surface area (Å²) in [6.07, 6.45) is 7.95. The minimum absolute atomic E-state index is 0.0861. The van der Waals surface area contributed by atoms with Crippen molar-refractivity contribution < 1.29 is 4.79 Å². The molecule has 0 aliphatic rings. The molecule has 96 valence electrons. The Balaban J connectivity index is 2.06. The van der Waals surface area contributed by atoms with E-state index >= 15 is 0 Å². The highest BCUT2D eigenvalue weighted by atomic mass is 32.2. The number of H-pyrrole nitrogens is 1. The van der Waals surface area contributed by atoms with E-state index in [4.69, 9.17) is 0 Å². The van der Waals surface area contributed by atoms with Crippen molar-refractivity contribution in [2.75, 3.05) is 17.3 Å². The molecule has 2 heterocycles. The Hall–Kier alpha value is -1.76. The first-order valence-electron chi connectivity index (χ1n) is 5.59. The minimum Gasteiger partial charge on any atom is -0.342 e. The number of nitrogens with zero attached hydrogens (tertiary/aromatic N) is 3. The SMILES string of the molecule is CSCCC(C(=O)Nc1ncn[nH]1)n1cccc1. The molecule has 2 aromatic rings. The molecule has 2 N–H and O–H groups in total. The fourth-order valence-electron chi connectivity index (χ4n) is 1.67. The van der Waals surface area contributed by atoms with E-state index in [0.29, 0.717) is 5.95 Å². The Morgan fingerprint density at radius 1 is 1.56 bits per heavy atom. The van der Waals surface area contributed by atoms with E-state index in [1.807, 2.05) is 35.3 Å². The van der Waals surface area contributed by atoms with Gasteiger partial charge in [-0.15, -0.1) is 0 Å². The molecule has 1 amide bonds. The van der Waals surface area contributed by atoms with Gasteiger partial charge in [0.05, 0.1) is 0 Å². The number of aromatic amines is 1. The van der Waals surface area contributed by atoms with Gasteiger partial charge in [-0.3, -0.25) is 10.1 Å². The highest BCUT2D eigenvalue weighted by Gasteiger charge is 2.19. The lowest BCUT2D eigenvalue weighted by Gasteiger charge is -2.17. The van der Waals surface area contributed by atoms with Gasteiger partial charge < -0.3 is 4.57 Å². The largest absolute Gasteiger partial charge is 0.342 e. The first kappa shape index (κ1) is 12.7. The van der Waals surface area contributed by atoms with Crippen LogP contribution in [-0.4, -0.2) is 37.7 Å². The molecule has 18 heavy (non-hydrogen) atoms. The monoisotopic (exact) mass is 265 g/mol. The summed E-state index contributed by atoms with van der Waals surface area (Å²) in [6, 6.07) is 3.60. The molecule has 0 aromatic carbocycles. The van der Waals surface area contributed by atoms with Gasteiger partial charge in [0.1, 0.15) is 12.4 Å². The molecule has 0 saturated carbocycles. The summed E-state index contributed by atoms with van der Waals surface area (Å²) in [6.45, 7) is 0. The number of rotatable bonds is 6. The van der Waals surface area contributed by atoms with E-state index in [2.05, 4.69) is 20.5 Å². The summed E-state index contributed by atoms with van der Waals surface area (Å²) in [5.41, 5.74) is 0. The van der Waals surface area contributed by atoms with Gasteiger partial charge in [-0.25, -0.2) is 5.10 Å². The Morgan fingerprint density at radius 2 is 2.33 bits per heavy atom. The van der Waals surface area contributed by atoms with E-state index in [1.165, 1.54) is 6.33 Å². The molecular weight excluding hydrogens is 250 g/mol. The Morgan fingerprint density at radius 3 is 2.94 bits per heavy atom. The first-order valence-corrected chi connectivity index (χ1v) is 6.98. The Bertz CT molecular complexity index is 468. The van der Waals surface area contributed by atoms with E-state index < -0.39 is 0 Å². The second-order valence-electron chi connectivity index (χ2n) is 3.75. The number of thioether (sulfide) groups is 1. The maximum atomic E-state index is 12.2. The number of amides is 1. The molecule has 0 spiro atoms. The van der Waals surface area contributed by atoms with Crippen LogP contribution in [0.3, 0.4) is 0 Å². The molecule has 7 heteroatoms. The van der Waals surface area contributed by atoms with Crippen LogP contribution in [-0.2, 0) is 4.79 Å². The van der Waals surface area contributed by atoms with Gasteiger partial charge >= 0.3 is 0 Å². The smallest absolute Gasteiger partial charge is 0.249 e. The van der Waals surface area contributed by atoms with Crippen molar-refractivity contribution in [2.24, 2.45) is 0 Å².